The summed E-state index contributed by atoms with van der Waals surface area (Å²) in [6, 6.07) is 8.83. The van der Waals surface area contributed by atoms with Crippen molar-refractivity contribution in [3.8, 4) is 0 Å². The number of benzene rings is 1. The summed E-state index contributed by atoms with van der Waals surface area (Å²) < 4.78 is 2.23. The minimum atomic E-state index is 0.0802. The lowest BCUT2D eigenvalue weighted by atomic mass is 9.96. The smallest absolute Gasteiger partial charge is 0.317 e. The second-order valence-corrected chi connectivity index (χ2v) is 11.1. The predicted molar refractivity (Wildman–Crippen MR) is 146 cm³/mol. The number of aromatic nitrogens is 1. The summed E-state index contributed by atoms with van der Waals surface area (Å²) >= 11 is 3.37. The van der Waals surface area contributed by atoms with Crippen molar-refractivity contribution in [3.63, 3.8) is 0 Å². The summed E-state index contributed by atoms with van der Waals surface area (Å²) in [4.78, 5) is 25.0. The van der Waals surface area contributed by atoms with Crippen LogP contribution in [0.2, 0.25) is 0 Å². The lowest BCUT2D eigenvalue weighted by molar-refractivity contribution is 0.195. The molecule has 3 aliphatic rings. The van der Waals surface area contributed by atoms with Crippen LogP contribution in [0.3, 0.4) is 0 Å². The summed E-state index contributed by atoms with van der Waals surface area (Å²) in [7, 11) is 0. The third-order valence-electron chi connectivity index (χ3n) is 6.82. The molecule has 0 saturated heterocycles. The highest BCUT2D eigenvalue weighted by molar-refractivity contribution is 7.16. The van der Waals surface area contributed by atoms with E-state index in [9.17, 15) is 4.79 Å². The van der Waals surface area contributed by atoms with Gasteiger partial charge in [-0.3, -0.25) is 0 Å². The lowest BCUT2D eigenvalue weighted by Gasteiger charge is -2.30. The number of nitrogens with one attached hydrogen (secondary N) is 2. The van der Waals surface area contributed by atoms with E-state index >= 15 is 0 Å². The number of hydrogen-bond donors (Lipinski definition) is 2. The monoisotopic (exact) mass is 501 g/mol. The number of aliphatic imine (C=N–C) groups is 1. The molecule has 35 heavy (non-hydrogen) atoms. The van der Waals surface area contributed by atoms with Crippen molar-refractivity contribution in [2.45, 2.75) is 44.6 Å². The van der Waals surface area contributed by atoms with E-state index in [-0.39, 0.29) is 6.03 Å². The van der Waals surface area contributed by atoms with Crippen LogP contribution in [-0.4, -0.2) is 41.3 Å². The summed E-state index contributed by atoms with van der Waals surface area (Å²) in [5.41, 5.74) is 8.48. The second-order valence-electron chi connectivity index (χ2n) is 9.16. The van der Waals surface area contributed by atoms with Crippen molar-refractivity contribution in [3.05, 3.63) is 56.6 Å². The number of carbonyl (C=O) groups is 1. The first-order valence-corrected chi connectivity index (χ1v) is 13.9. The Kier molecular flexibility index (Phi) is 6.25. The van der Waals surface area contributed by atoms with Crippen LogP contribution < -0.4 is 20.4 Å². The van der Waals surface area contributed by atoms with Gasteiger partial charge in [0.2, 0.25) is 0 Å². The predicted octanol–water partition coefficient (Wildman–Crippen LogP) is 4.69. The molecule has 2 aromatic heterocycles. The third-order valence-corrected chi connectivity index (χ3v) is 8.77. The van der Waals surface area contributed by atoms with Crippen LogP contribution in [0.15, 0.2) is 46.9 Å². The van der Waals surface area contributed by atoms with Crippen molar-refractivity contribution < 1.29 is 4.79 Å². The maximum absolute atomic E-state index is 12.7. The van der Waals surface area contributed by atoms with Crippen LogP contribution in [0.4, 0.5) is 10.5 Å². The molecule has 4 heterocycles. The molecule has 0 atom stereocenters. The fourth-order valence-corrected chi connectivity index (χ4v) is 6.65. The first kappa shape index (κ1) is 22.3. The minimum absolute atomic E-state index is 0.0802. The number of hydrogen-bond acceptors (Lipinski definition) is 6. The van der Waals surface area contributed by atoms with Gasteiger partial charge in [0.1, 0.15) is 5.82 Å². The normalized spacial score (nSPS) is 18.1. The molecule has 2 amide bonds. The van der Waals surface area contributed by atoms with Crippen LogP contribution in [-0.2, 0) is 0 Å². The van der Waals surface area contributed by atoms with Crippen molar-refractivity contribution in [1.82, 2.24) is 15.2 Å². The van der Waals surface area contributed by atoms with Gasteiger partial charge >= 0.3 is 6.03 Å². The number of anilines is 1. The zero-order valence-corrected chi connectivity index (χ0v) is 21.1. The zero-order valence-electron chi connectivity index (χ0n) is 19.4. The topological polar surface area (TPSA) is 69.6 Å². The summed E-state index contributed by atoms with van der Waals surface area (Å²) in [6.07, 6.45) is 12.7. The molecule has 178 valence electrons. The van der Waals surface area contributed by atoms with Gasteiger partial charge in [-0.05, 0) is 55.2 Å². The number of thiophene rings is 1. The molecular formula is C27H27N5OS2. The van der Waals surface area contributed by atoms with Gasteiger partial charge in [-0.25, -0.2) is 14.8 Å². The van der Waals surface area contributed by atoms with Gasteiger partial charge in [0, 0.05) is 41.1 Å². The number of nitrogens with zero attached hydrogens (tertiary/aromatic N) is 3. The van der Waals surface area contributed by atoms with Gasteiger partial charge < -0.3 is 15.5 Å². The third kappa shape index (κ3) is 4.82. The number of allylic oxidation sites excluding steroid dienone is 1. The zero-order chi connectivity index (χ0) is 23.6. The molecule has 0 radical (unpaired) electrons. The number of amides is 2. The van der Waals surface area contributed by atoms with Gasteiger partial charge in [0.05, 0.1) is 20.3 Å². The van der Waals surface area contributed by atoms with E-state index < -0.39 is 0 Å². The molecule has 1 saturated carbocycles. The Morgan fingerprint density at radius 2 is 2.09 bits per heavy atom. The second kappa shape index (κ2) is 9.82. The highest BCUT2D eigenvalue weighted by Gasteiger charge is 2.22. The van der Waals surface area contributed by atoms with Crippen molar-refractivity contribution in [2.75, 3.05) is 18.4 Å². The van der Waals surface area contributed by atoms with E-state index in [0.717, 1.165) is 52.6 Å². The Hall–Kier alpha value is -3.19. The fourth-order valence-electron chi connectivity index (χ4n) is 4.89. The molecule has 3 aromatic rings. The molecule has 6 nitrogen and oxygen atoms in total. The summed E-state index contributed by atoms with van der Waals surface area (Å²) in [5, 5.41) is 7.78. The summed E-state index contributed by atoms with van der Waals surface area (Å²) in [5.74, 6) is 0.809. The molecule has 0 unspecified atom stereocenters. The Morgan fingerprint density at radius 1 is 1.17 bits per heavy atom. The average Bonchev–Trinajstić information content (AvgIpc) is 3.49. The van der Waals surface area contributed by atoms with E-state index in [0.29, 0.717) is 12.6 Å². The van der Waals surface area contributed by atoms with Gasteiger partial charge in [-0.1, -0.05) is 31.1 Å². The Bertz CT molecular complexity index is 1490. The molecule has 2 aliphatic heterocycles. The standard InChI is InChI=1S/C27H27N5OS2/c33-27(31-19-5-2-1-3-6-19)32-13-10-18(11-14-32)25-16-21-23(35-25)7-4-12-28-26(21)30-20-8-9-24-22(15-20)29-17-34-24/h4,8-10,12,15-17,19,30H,1-3,5-6,11,13-14H2,(H,31,33). The molecule has 2 N–H and O–H groups in total. The van der Waals surface area contributed by atoms with E-state index in [1.807, 2.05) is 16.5 Å². The van der Waals surface area contributed by atoms with Crippen molar-refractivity contribution >= 4 is 67.9 Å². The summed E-state index contributed by atoms with van der Waals surface area (Å²) in [6.45, 7) is 1.39. The Balaban J connectivity index is 1.22. The molecule has 8 heteroatoms. The van der Waals surface area contributed by atoms with Gasteiger partial charge in [0.15, 0.2) is 0 Å². The number of thiazole rings is 1. The van der Waals surface area contributed by atoms with Crippen molar-refractivity contribution in [1.29, 1.82) is 0 Å². The number of carbonyl (C=O) groups excluding carboxylic acids is 1. The maximum Gasteiger partial charge on any atom is 0.317 e. The number of rotatable bonds is 4. The lowest BCUT2D eigenvalue weighted by Crippen LogP contribution is -2.46. The van der Waals surface area contributed by atoms with Gasteiger partial charge in [0.25, 0.3) is 0 Å². The quantitative estimate of drug-likeness (QED) is 0.545. The van der Waals surface area contributed by atoms with Crippen LogP contribution in [0.5, 0.6) is 0 Å². The van der Waals surface area contributed by atoms with E-state index in [1.54, 1.807) is 28.9 Å². The maximum atomic E-state index is 12.7. The Labute approximate surface area is 212 Å². The Morgan fingerprint density at radius 3 is 2.94 bits per heavy atom. The van der Waals surface area contributed by atoms with E-state index in [4.69, 9.17) is 0 Å². The highest BCUT2D eigenvalue weighted by atomic mass is 32.1. The van der Waals surface area contributed by atoms with E-state index in [1.165, 1.54) is 34.4 Å². The first-order valence-electron chi connectivity index (χ1n) is 12.2. The molecule has 1 aliphatic carbocycles. The molecule has 6 rings (SSSR count). The fraction of sp³-hybridized carbons (Fsp3) is 0.333. The SMILES string of the molecule is O=C(NC1CCCCC1)N1CC=C(c2cc3c(s2)=C=CC=NC=3Nc2ccc3scnc3c2)CC1. The van der Waals surface area contributed by atoms with Crippen LogP contribution in [0.1, 0.15) is 43.4 Å². The largest absolute Gasteiger partial charge is 0.340 e. The molecule has 1 aromatic carbocycles. The molecular weight excluding hydrogens is 474 g/mol. The van der Waals surface area contributed by atoms with E-state index in [2.05, 4.69) is 56.7 Å². The van der Waals surface area contributed by atoms with Gasteiger partial charge in [-0.15, -0.1) is 22.7 Å². The number of urea groups is 1. The van der Waals surface area contributed by atoms with Crippen LogP contribution >= 0.6 is 22.7 Å². The minimum Gasteiger partial charge on any atom is -0.340 e. The van der Waals surface area contributed by atoms with Gasteiger partial charge in [-0.2, -0.15) is 0 Å². The number of fused-ring (bicyclic) bond motifs is 2. The van der Waals surface area contributed by atoms with Crippen LogP contribution in [0, 0.1) is 0 Å². The molecule has 1 fully saturated rings. The average molecular weight is 502 g/mol. The molecule has 0 bridgehead atoms. The highest BCUT2D eigenvalue weighted by Crippen LogP contribution is 2.25. The van der Waals surface area contributed by atoms with Crippen LogP contribution in [0.25, 0.3) is 27.3 Å². The van der Waals surface area contributed by atoms with Crippen molar-refractivity contribution in [2.24, 2.45) is 4.99 Å². The molecule has 0 spiro atoms. The first-order chi connectivity index (χ1) is 17.2.